The van der Waals surface area contributed by atoms with Crippen LogP contribution in [0.4, 0.5) is 0 Å². The molecule has 1 aromatic heterocycles. The van der Waals surface area contributed by atoms with Gasteiger partial charge in [0.25, 0.3) is 0 Å². The predicted octanol–water partition coefficient (Wildman–Crippen LogP) is 6.33. The Bertz CT molecular complexity index is 842. The minimum Gasteiger partial charge on any atom is -0.329 e. The SMILES string of the molecule is CCCCCCC(N)c1nc(-c2cccc(Br)c2)cn1Cc1ccccc1. The molecule has 2 N–H and O–H groups in total. The number of hydrogen-bond acceptors (Lipinski definition) is 2. The molecular weight excluding hydrogens is 398 g/mol. The summed E-state index contributed by atoms with van der Waals surface area (Å²) in [5.41, 5.74) is 9.90. The van der Waals surface area contributed by atoms with Gasteiger partial charge in [-0.05, 0) is 24.1 Å². The van der Waals surface area contributed by atoms with Gasteiger partial charge in [0.15, 0.2) is 0 Å². The fraction of sp³-hybridized carbons (Fsp3) is 0.348. The minimum absolute atomic E-state index is 0.0357. The molecular formula is C23H28BrN3. The van der Waals surface area contributed by atoms with Crippen LogP contribution in [0, 0.1) is 0 Å². The second-order valence-electron chi connectivity index (χ2n) is 7.06. The van der Waals surface area contributed by atoms with Gasteiger partial charge in [-0.15, -0.1) is 0 Å². The van der Waals surface area contributed by atoms with Crippen LogP contribution in [-0.4, -0.2) is 9.55 Å². The molecule has 0 saturated heterocycles. The molecule has 0 radical (unpaired) electrons. The number of rotatable bonds is 9. The molecule has 0 bridgehead atoms. The zero-order valence-electron chi connectivity index (χ0n) is 15.9. The summed E-state index contributed by atoms with van der Waals surface area (Å²) < 4.78 is 3.28. The normalized spacial score (nSPS) is 12.3. The van der Waals surface area contributed by atoms with Crippen molar-refractivity contribution in [2.24, 2.45) is 5.73 Å². The van der Waals surface area contributed by atoms with Crippen LogP contribution in [0.25, 0.3) is 11.3 Å². The Morgan fingerprint density at radius 1 is 1.04 bits per heavy atom. The van der Waals surface area contributed by atoms with E-state index < -0.39 is 0 Å². The van der Waals surface area contributed by atoms with E-state index in [2.05, 4.69) is 70.0 Å². The van der Waals surface area contributed by atoms with E-state index in [1.807, 2.05) is 18.2 Å². The predicted molar refractivity (Wildman–Crippen MR) is 117 cm³/mol. The van der Waals surface area contributed by atoms with Crippen molar-refractivity contribution in [3.05, 3.63) is 76.7 Å². The van der Waals surface area contributed by atoms with Gasteiger partial charge in [0.1, 0.15) is 5.82 Å². The lowest BCUT2D eigenvalue weighted by Crippen LogP contribution is -2.17. The summed E-state index contributed by atoms with van der Waals surface area (Å²) in [5, 5.41) is 0. The molecule has 1 atom stereocenters. The van der Waals surface area contributed by atoms with E-state index in [1.54, 1.807) is 0 Å². The number of nitrogens with two attached hydrogens (primary N) is 1. The molecule has 3 rings (SSSR count). The topological polar surface area (TPSA) is 43.8 Å². The minimum atomic E-state index is -0.0357. The summed E-state index contributed by atoms with van der Waals surface area (Å²) in [4.78, 5) is 4.93. The molecule has 142 valence electrons. The third-order valence-electron chi connectivity index (χ3n) is 4.82. The van der Waals surface area contributed by atoms with Crippen LogP contribution in [-0.2, 0) is 6.54 Å². The smallest absolute Gasteiger partial charge is 0.126 e. The van der Waals surface area contributed by atoms with E-state index in [-0.39, 0.29) is 6.04 Å². The van der Waals surface area contributed by atoms with E-state index in [0.717, 1.165) is 40.9 Å². The lowest BCUT2D eigenvalue weighted by Gasteiger charge is -2.14. The van der Waals surface area contributed by atoms with Gasteiger partial charge in [-0.25, -0.2) is 4.98 Å². The first kappa shape index (κ1) is 19.8. The maximum Gasteiger partial charge on any atom is 0.126 e. The van der Waals surface area contributed by atoms with Crippen molar-refractivity contribution >= 4 is 15.9 Å². The van der Waals surface area contributed by atoms with Crippen LogP contribution in [0.2, 0.25) is 0 Å². The van der Waals surface area contributed by atoms with Gasteiger partial charge in [0.2, 0.25) is 0 Å². The molecule has 0 aliphatic heterocycles. The molecule has 0 amide bonds. The molecule has 1 heterocycles. The zero-order valence-corrected chi connectivity index (χ0v) is 17.5. The van der Waals surface area contributed by atoms with Gasteiger partial charge in [0, 0.05) is 22.8 Å². The van der Waals surface area contributed by atoms with Crippen molar-refractivity contribution in [3.8, 4) is 11.3 Å². The largest absolute Gasteiger partial charge is 0.329 e. The molecule has 3 aromatic rings. The summed E-state index contributed by atoms with van der Waals surface area (Å²) in [6.07, 6.45) is 8.01. The quantitative estimate of drug-likeness (QED) is 0.406. The molecule has 1 unspecified atom stereocenters. The Morgan fingerprint density at radius 3 is 2.59 bits per heavy atom. The molecule has 4 heteroatoms. The highest BCUT2D eigenvalue weighted by Gasteiger charge is 2.16. The first-order valence-corrected chi connectivity index (χ1v) is 10.6. The lowest BCUT2D eigenvalue weighted by atomic mass is 10.1. The van der Waals surface area contributed by atoms with Gasteiger partial charge >= 0.3 is 0 Å². The van der Waals surface area contributed by atoms with Gasteiger partial charge in [-0.3, -0.25) is 0 Å². The highest BCUT2D eigenvalue weighted by molar-refractivity contribution is 9.10. The Morgan fingerprint density at radius 2 is 1.85 bits per heavy atom. The van der Waals surface area contributed by atoms with Gasteiger partial charge in [-0.2, -0.15) is 0 Å². The zero-order chi connectivity index (χ0) is 19.1. The molecule has 27 heavy (non-hydrogen) atoms. The molecule has 0 aliphatic carbocycles. The summed E-state index contributed by atoms with van der Waals surface area (Å²) in [6.45, 7) is 3.02. The van der Waals surface area contributed by atoms with Crippen LogP contribution in [0.3, 0.4) is 0 Å². The summed E-state index contributed by atoms with van der Waals surface area (Å²) >= 11 is 3.56. The fourth-order valence-corrected chi connectivity index (χ4v) is 3.74. The lowest BCUT2D eigenvalue weighted by molar-refractivity contribution is 0.527. The van der Waals surface area contributed by atoms with E-state index in [1.165, 1.54) is 24.8 Å². The highest BCUT2D eigenvalue weighted by Crippen LogP contribution is 2.26. The molecule has 0 aliphatic rings. The maximum atomic E-state index is 6.56. The summed E-state index contributed by atoms with van der Waals surface area (Å²) in [7, 11) is 0. The molecule has 2 aromatic carbocycles. The number of halogens is 1. The van der Waals surface area contributed by atoms with Gasteiger partial charge < -0.3 is 10.3 Å². The first-order chi connectivity index (χ1) is 13.2. The standard InChI is InChI=1S/C23H28BrN3/c1-2-3-4-8-14-21(25)23-26-22(19-12-9-13-20(24)15-19)17-27(23)16-18-10-6-5-7-11-18/h5-7,9-13,15,17,21H,2-4,8,14,16,25H2,1H3. The Labute approximate surface area is 170 Å². The monoisotopic (exact) mass is 425 g/mol. The van der Waals surface area contributed by atoms with E-state index in [4.69, 9.17) is 10.7 Å². The van der Waals surface area contributed by atoms with Gasteiger partial charge in [0.05, 0.1) is 11.7 Å². The Balaban J connectivity index is 1.86. The number of imidazole rings is 1. The van der Waals surface area contributed by atoms with Crippen LogP contribution in [0.15, 0.2) is 65.3 Å². The second-order valence-corrected chi connectivity index (χ2v) is 7.98. The van der Waals surface area contributed by atoms with E-state index in [9.17, 15) is 0 Å². The Hall–Kier alpha value is -1.91. The first-order valence-electron chi connectivity index (χ1n) is 9.80. The number of benzene rings is 2. The third kappa shape index (κ3) is 5.53. The number of unbranched alkanes of at least 4 members (excludes halogenated alkanes) is 3. The van der Waals surface area contributed by atoms with Crippen LogP contribution < -0.4 is 5.73 Å². The number of nitrogens with zero attached hydrogens (tertiary/aromatic N) is 2. The second kappa shape index (κ2) is 9.86. The molecule has 0 fully saturated rings. The number of hydrogen-bond donors (Lipinski definition) is 1. The average Bonchev–Trinajstić information content (AvgIpc) is 3.10. The third-order valence-corrected chi connectivity index (χ3v) is 5.32. The van der Waals surface area contributed by atoms with E-state index >= 15 is 0 Å². The summed E-state index contributed by atoms with van der Waals surface area (Å²) in [6, 6.07) is 18.7. The summed E-state index contributed by atoms with van der Waals surface area (Å²) in [5.74, 6) is 0.977. The van der Waals surface area contributed by atoms with Crippen LogP contribution >= 0.6 is 15.9 Å². The molecule has 3 nitrogen and oxygen atoms in total. The average molecular weight is 426 g/mol. The van der Waals surface area contributed by atoms with Crippen LogP contribution in [0.5, 0.6) is 0 Å². The van der Waals surface area contributed by atoms with E-state index in [0.29, 0.717) is 0 Å². The number of aromatic nitrogens is 2. The van der Waals surface area contributed by atoms with Crippen molar-refractivity contribution < 1.29 is 0 Å². The van der Waals surface area contributed by atoms with Crippen LogP contribution in [0.1, 0.15) is 56.5 Å². The van der Waals surface area contributed by atoms with Crippen molar-refractivity contribution in [2.45, 2.75) is 51.6 Å². The van der Waals surface area contributed by atoms with Crippen molar-refractivity contribution in [2.75, 3.05) is 0 Å². The molecule has 0 saturated carbocycles. The van der Waals surface area contributed by atoms with Crippen molar-refractivity contribution in [3.63, 3.8) is 0 Å². The van der Waals surface area contributed by atoms with Crippen molar-refractivity contribution in [1.82, 2.24) is 9.55 Å². The highest BCUT2D eigenvalue weighted by atomic mass is 79.9. The van der Waals surface area contributed by atoms with Crippen molar-refractivity contribution in [1.29, 1.82) is 0 Å². The molecule has 0 spiro atoms. The van der Waals surface area contributed by atoms with Gasteiger partial charge in [-0.1, -0.05) is 91.0 Å². The fourth-order valence-electron chi connectivity index (χ4n) is 3.34. The Kier molecular flexibility index (Phi) is 7.25. The maximum absolute atomic E-state index is 6.56.